The first-order valence-corrected chi connectivity index (χ1v) is 12.7. The van der Waals surface area contributed by atoms with Crippen molar-refractivity contribution >= 4 is 56.4 Å². The van der Waals surface area contributed by atoms with E-state index in [0.717, 1.165) is 6.42 Å². The lowest BCUT2D eigenvalue weighted by Gasteiger charge is -2.39. The van der Waals surface area contributed by atoms with Crippen LogP contribution in [0.25, 0.3) is 0 Å². The minimum atomic E-state index is -3.78. The Hall–Kier alpha value is -3.41. The second kappa shape index (κ2) is 9.33. The number of hydrogen-bond donors (Lipinski definition) is 3. The van der Waals surface area contributed by atoms with Gasteiger partial charge in [0.05, 0.1) is 16.8 Å². The number of fused-ring (bicyclic) bond motifs is 1. The number of aromatic nitrogens is 2. The molecular formula is C23H25ClN6O4S. The highest BCUT2D eigenvalue weighted by Crippen LogP contribution is 2.40. The Morgan fingerprint density at radius 3 is 2.46 bits per heavy atom. The summed E-state index contributed by atoms with van der Waals surface area (Å²) in [6.07, 6.45) is 2.23. The summed E-state index contributed by atoms with van der Waals surface area (Å²) in [7, 11) is -3.78. The molecule has 184 valence electrons. The first-order valence-electron chi connectivity index (χ1n) is 10.8. The fraction of sp³-hybridized carbons (Fsp3) is 0.261. The maximum atomic E-state index is 12.9. The Balaban J connectivity index is 1.58. The SMILES string of the molecule is CCCN1C(=O)C(C)(C)Oc2ccc(Nc3nc(Nc4ccc(S(N)(=O)=O)cc4)ncc3Cl)cc21. The zero-order chi connectivity index (χ0) is 25.4. The number of hydrogen-bond acceptors (Lipinski definition) is 8. The van der Waals surface area contributed by atoms with Crippen LogP contribution >= 0.6 is 11.6 Å². The van der Waals surface area contributed by atoms with Crippen molar-refractivity contribution in [3.63, 3.8) is 0 Å². The lowest BCUT2D eigenvalue weighted by Crippen LogP contribution is -2.52. The minimum absolute atomic E-state index is 0.00203. The molecule has 1 aliphatic heterocycles. The van der Waals surface area contributed by atoms with Crippen molar-refractivity contribution in [3.8, 4) is 5.75 Å². The number of primary sulfonamides is 1. The Morgan fingerprint density at radius 1 is 1.11 bits per heavy atom. The zero-order valence-corrected chi connectivity index (χ0v) is 20.9. The van der Waals surface area contributed by atoms with E-state index in [9.17, 15) is 13.2 Å². The number of amides is 1. The summed E-state index contributed by atoms with van der Waals surface area (Å²) in [4.78, 5) is 23.2. The smallest absolute Gasteiger partial charge is 0.270 e. The van der Waals surface area contributed by atoms with Gasteiger partial charge in [0.1, 0.15) is 10.8 Å². The average molecular weight is 517 g/mol. The van der Waals surface area contributed by atoms with Crippen molar-refractivity contribution in [2.45, 2.75) is 37.7 Å². The number of anilines is 5. The van der Waals surface area contributed by atoms with E-state index in [1.165, 1.54) is 18.3 Å². The summed E-state index contributed by atoms with van der Waals surface area (Å²) in [5.74, 6) is 1.10. The van der Waals surface area contributed by atoms with Crippen molar-refractivity contribution in [2.75, 3.05) is 22.1 Å². The Morgan fingerprint density at radius 2 is 1.80 bits per heavy atom. The van der Waals surface area contributed by atoms with E-state index in [1.54, 1.807) is 36.9 Å². The molecule has 1 aromatic heterocycles. The first kappa shape index (κ1) is 24.7. The van der Waals surface area contributed by atoms with Gasteiger partial charge in [0.15, 0.2) is 11.4 Å². The maximum absolute atomic E-state index is 12.9. The summed E-state index contributed by atoms with van der Waals surface area (Å²) in [6, 6.07) is 11.3. The van der Waals surface area contributed by atoms with Gasteiger partial charge in [-0.2, -0.15) is 4.98 Å². The molecule has 1 amide bonds. The van der Waals surface area contributed by atoms with Crippen LogP contribution in [-0.4, -0.2) is 36.4 Å². The lowest BCUT2D eigenvalue weighted by molar-refractivity contribution is -0.132. The second-order valence-corrected chi connectivity index (χ2v) is 10.4. The topological polar surface area (TPSA) is 140 Å². The molecule has 0 unspecified atom stereocenters. The molecule has 2 aromatic carbocycles. The van der Waals surface area contributed by atoms with Gasteiger partial charge in [0.25, 0.3) is 5.91 Å². The summed E-state index contributed by atoms with van der Waals surface area (Å²) in [6.45, 7) is 6.08. The van der Waals surface area contributed by atoms with E-state index in [4.69, 9.17) is 21.5 Å². The van der Waals surface area contributed by atoms with Gasteiger partial charge >= 0.3 is 0 Å². The van der Waals surface area contributed by atoms with Gasteiger partial charge < -0.3 is 20.3 Å². The molecule has 0 saturated heterocycles. The molecule has 4 N–H and O–H groups in total. The zero-order valence-electron chi connectivity index (χ0n) is 19.4. The normalized spacial score (nSPS) is 14.8. The van der Waals surface area contributed by atoms with Gasteiger partial charge in [-0.3, -0.25) is 4.79 Å². The Labute approximate surface area is 208 Å². The van der Waals surface area contributed by atoms with Crippen LogP contribution < -0.4 is 25.4 Å². The van der Waals surface area contributed by atoms with Crippen LogP contribution in [-0.2, 0) is 14.8 Å². The van der Waals surface area contributed by atoms with Crippen LogP contribution in [0.4, 0.5) is 28.8 Å². The lowest BCUT2D eigenvalue weighted by atomic mass is 10.0. The molecule has 0 saturated carbocycles. The number of carbonyl (C=O) groups excluding carboxylic acids is 1. The molecule has 0 bridgehead atoms. The summed E-state index contributed by atoms with van der Waals surface area (Å²) in [5.41, 5.74) is 0.942. The van der Waals surface area contributed by atoms with Crippen LogP contribution in [0.2, 0.25) is 5.02 Å². The van der Waals surface area contributed by atoms with Crippen LogP contribution in [0.1, 0.15) is 27.2 Å². The molecule has 2 heterocycles. The summed E-state index contributed by atoms with van der Waals surface area (Å²) in [5, 5.41) is 11.6. The predicted molar refractivity (Wildman–Crippen MR) is 135 cm³/mol. The molecule has 1 aliphatic rings. The molecular weight excluding hydrogens is 492 g/mol. The average Bonchev–Trinajstić information content (AvgIpc) is 2.79. The molecule has 35 heavy (non-hydrogen) atoms. The minimum Gasteiger partial charge on any atom is -0.476 e. The number of carbonyl (C=O) groups is 1. The van der Waals surface area contributed by atoms with E-state index in [0.29, 0.717) is 35.2 Å². The number of nitrogens with zero attached hydrogens (tertiary/aromatic N) is 3. The first-order chi connectivity index (χ1) is 16.5. The van der Waals surface area contributed by atoms with Crippen molar-refractivity contribution in [3.05, 3.63) is 53.7 Å². The van der Waals surface area contributed by atoms with Gasteiger partial charge in [0.2, 0.25) is 16.0 Å². The van der Waals surface area contributed by atoms with Gasteiger partial charge in [-0.25, -0.2) is 18.5 Å². The van der Waals surface area contributed by atoms with Crippen molar-refractivity contribution in [1.82, 2.24) is 9.97 Å². The number of ether oxygens (including phenoxy) is 1. The Kier molecular flexibility index (Phi) is 6.58. The number of nitrogens with one attached hydrogen (secondary N) is 2. The number of nitrogens with two attached hydrogens (primary N) is 1. The molecule has 4 rings (SSSR count). The van der Waals surface area contributed by atoms with Gasteiger partial charge in [-0.15, -0.1) is 0 Å². The van der Waals surface area contributed by atoms with Crippen LogP contribution in [0.15, 0.2) is 53.6 Å². The monoisotopic (exact) mass is 516 g/mol. The standard InChI is InChI=1S/C23H25ClN6O4S/c1-4-11-30-18-12-15(7-10-19(18)34-23(2,3)21(30)31)27-20-17(24)13-26-22(29-20)28-14-5-8-16(9-6-14)35(25,32)33/h5-10,12-13H,4,11H2,1-3H3,(H2,25,32,33)(H2,26,27,28,29). The van der Waals surface area contributed by atoms with Crippen molar-refractivity contribution in [2.24, 2.45) is 5.14 Å². The van der Waals surface area contributed by atoms with E-state index in [2.05, 4.69) is 20.6 Å². The fourth-order valence-electron chi connectivity index (χ4n) is 3.60. The highest BCUT2D eigenvalue weighted by atomic mass is 35.5. The summed E-state index contributed by atoms with van der Waals surface area (Å²) >= 11 is 6.32. The molecule has 0 atom stereocenters. The molecule has 10 nitrogen and oxygen atoms in total. The van der Waals surface area contributed by atoms with Crippen molar-refractivity contribution in [1.29, 1.82) is 0 Å². The fourth-order valence-corrected chi connectivity index (χ4v) is 4.25. The van der Waals surface area contributed by atoms with Crippen LogP contribution in [0, 0.1) is 0 Å². The van der Waals surface area contributed by atoms with Gasteiger partial charge in [-0.1, -0.05) is 18.5 Å². The molecule has 3 aromatic rings. The van der Waals surface area contributed by atoms with E-state index in [-0.39, 0.29) is 21.8 Å². The number of rotatable bonds is 7. The molecule has 0 spiro atoms. The largest absolute Gasteiger partial charge is 0.476 e. The molecule has 0 fully saturated rings. The molecule has 0 aliphatic carbocycles. The summed E-state index contributed by atoms with van der Waals surface area (Å²) < 4.78 is 28.8. The van der Waals surface area contributed by atoms with Crippen LogP contribution in [0.3, 0.4) is 0 Å². The predicted octanol–water partition coefficient (Wildman–Crippen LogP) is 4.18. The van der Waals surface area contributed by atoms with E-state index < -0.39 is 15.6 Å². The third-order valence-electron chi connectivity index (χ3n) is 5.27. The van der Waals surface area contributed by atoms with Gasteiger partial charge in [-0.05, 0) is 62.7 Å². The third kappa shape index (κ3) is 5.31. The molecule has 0 radical (unpaired) electrons. The third-order valence-corrected chi connectivity index (χ3v) is 6.47. The van der Waals surface area contributed by atoms with Crippen LogP contribution in [0.5, 0.6) is 5.75 Å². The maximum Gasteiger partial charge on any atom is 0.270 e. The quantitative estimate of drug-likeness (QED) is 0.425. The van der Waals surface area contributed by atoms with E-state index in [1.807, 2.05) is 19.1 Å². The Bertz CT molecular complexity index is 1380. The van der Waals surface area contributed by atoms with Crippen molar-refractivity contribution < 1.29 is 17.9 Å². The van der Waals surface area contributed by atoms with E-state index >= 15 is 0 Å². The number of benzene rings is 2. The van der Waals surface area contributed by atoms with Gasteiger partial charge in [0, 0.05) is 17.9 Å². The highest BCUT2D eigenvalue weighted by molar-refractivity contribution is 7.89. The highest BCUT2D eigenvalue weighted by Gasteiger charge is 2.40. The number of sulfonamides is 1. The molecule has 12 heteroatoms. The number of halogens is 1. The second-order valence-electron chi connectivity index (χ2n) is 8.46.